The van der Waals surface area contributed by atoms with Crippen molar-refractivity contribution in [2.75, 3.05) is 13.1 Å². The van der Waals surface area contributed by atoms with Crippen LogP contribution in [0.5, 0.6) is 0 Å². The lowest BCUT2D eigenvalue weighted by Crippen LogP contribution is -2.29. The second-order valence-corrected chi connectivity index (χ2v) is 4.63. The molecule has 0 bridgehead atoms. The van der Waals surface area contributed by atoms with Crippen LogP contribution in [0, 0.1) is 12.3 Å². The van der Waals surface area contributed by atoms with E-state index >= 15 is 0 Å². The molecule has 0 saturated carbocycles. The first-order valence-corrected chi connectivity index (χ1v) is 6.43. The Balaban J connectivity index is 2.14. The first-order valence-electron chi connectivity index (χ1n) is 6.05. The van der Waals surface area contributed by atoms with Gasteiger partial charge in [0.2, 0.25) is 11.8 Å². The summed E-state index contributed by atoms with van der Waals surface area (Å²) >= 11 is 6.05. The van der Waals surface area contributed by atoms with Crippen molar-refractivity contribution in [1.82, 2.24) is 15.1 Å². The summed E-state index contributed by atoms with van der Waals surface area (Å²) in [5.41, 5.74) is 0.625. The van der Waals surface area contributed by atoms with Gasteiger partial charge in [-0.2, -0.15) is 0 Å². The number of benzene rings is 1. The Morgan fingerprint density at radius 1 is 1.43 bits per heavy atom. The van der Waals surface area contributed by atoms with E-state index in [2.05, 4.69) is 16.1 Å². The molecular formula is C14H12ClN3O3. The van der Waals surface area contributed by atoms with Crippen molar-refractivity contribution in [3.63, 3.8) is 0 Å². The third kappa shape index (κ3) is 4.05. The van der Waals surface area contributed by atoms with Gasteiger partial charge in [0.05, 0.1) is 30.2 Å². The van der Waals surface area contributed by atoms with Gasteiger partial charge in [-0.05, 0) is 12.1 Å². The molecule has 0 fully saturated rings. The molecule has 0 radical (unpaired) electrons. The van der Waals surface area contributed by atoms with Crippen LogP contribution in [0.15, 0.2) is 28.7 Å². The number of hydrogen-bond acceptors (Lipinski definition) is 5. The van der Waals surface area contributed by atoms with Crippen molar-refractivity contribution < 1.29 is 14.3 Å². The van der Waals surface area contributed by atoms with Gasteiger partial charge in [-0.3, -0.25) is 9.69 Å². The van der Waals surface area contributed by atoms with E-state index in [1.807, 2.05) is 0 Å². The van der Waals surface area contributed by atoms with E-state index in [4.69, 9.17) is 27.5 Å². The van der Waals surface area contributed by atoms with Crippen molar-refractivity contribution in [2.24, 2.45) is 0 Å². The van der Waals surface area contributed by atoms with E-state index in [0.29, 0.717) is 10.6 Å². The molecule has 0 saturated heterocycles. The summed E-state index contributed by atoms with van der Waals surface area (Å²) in [7, 11) is 0. The van der Waals surface area contributed by atoms with Gasteiger partial charge in [0.1, 0.15) is 0 Å². The smallest absolute Gasteiger partial charge is 0.317 e. The molecule has 1 aromatic heterocycles. The zero-order valence-corrected chi connectivity index (χ0v) is 11.7. The highest BCUT2D eigenvalue weighted by molar-refractivity contribution is 6.33. The second-order valence-electron chi connectivity index (χ2n) is 4.22. The zero-order chi connectivity index (χ0) is 15.2. The highest BCUT2D eigenvalue weighted by Gasteiger charge is 2.15. The van der Waals surface area contributed by atoms with E-state index in [1.54, 1.807) is 24.3 Å². The standard InChI is InChI=1S/C14H12ClN3O3/c1-2-7-18(9-13(19)20)8-12-16-17-14(21-12)10-5-3-4-6-11(10)15/h1,3-6H,7-9H2,(H,19,20). The number of rotatable bonds is 6. The Bertz CT molecular complexity index is 678. The van der Waals surface area contributed by atoms with Gasteiger partial charge in [-0.25, -0.2) is 0 Å². The molecule has 21 heavy (non-hydrogen) atoms. The van der Waals surface area contributed by atoms with Crippen LogP contribution in [-0.2, 0) is 11.3 Å². The van der Waals surface area contributed by atoms with Gasteiger partial charge in [-0.1, -0.05) is 29.7 Å². The normalized spacial score (nSPS) is 10.5. The van der Waals surface area contributed by atoms with Gasteiger partial charge < -0.3 is 9.52 Å². The van der Waals surface area contributed by atoms with Crippen LogP contribution in [-0.4, -0.2) is 39.3 Å². The Kier molecular flexibility index (Phi) is 4.93. The van der Waals surface area contributed by atoms with Crippen LogP contribution >= 0.6 is 11.6 Å². The number of halogens is 1. The zero-order valence-electron chi connectivity index (χ0n) is 11.0. The van der Waals surface area contributed by atoms with Crippen molar-refractivity contribution in [1.29, 1.82) is 0 Å². The van der Waals surface area contributed by atoms with Crippen molar-refractivity contribution in [3.8, 4) is 23.8 Å². The summed E-state index contributed by atoms with van der Waals surface area (Å²) in [6, 6.07) is 7.08. The van der Waals surface area contributed by atoms with E-state index in [1.165, 1.54) is 4.90 Å². The molecule has 0 aliphatic rings. The number of terminal acetylenes is 1. The molecule has 0 atom stereocenters. The minimum Gasteiger partial charge on any atom is -0.480 e. The summed E-state index contributed by atoms with van der Waals surface area (Å²) in [5, 5.41) is 17.1. The number of carbonyl (C=O) groups is 1. The molecule has 7 heteroatoms. The first kappa shape index (κ1) is 15.0. The number of carboxylic acids is 1. The Morgan fingerprint density at radius 2 is 2.19 bits per heavy atom. The highest BCUT2D eigenvalue weighted by Crippen LogP contribution is 2.26. The number of nitrogens with zero attached hydrogens (tertiary/aromatic N) is 3. The van der Waals surface area contributed by atoms with Gasteiger partial charge in [0.15, 0.2) is 0 Å². The lowest BCUT2D eigenvalue weighted by molar-refractivity contribution is -0.138. The molecule has 0 aliphatic carbocycles. The van der Waals surface area contributed by atoms with E-state index in [0.717, 1.165) is 0 Å². The maximum atomic E-state index is 10.8. The van der Waals surface area contributed by atoms with Crippen LogP contribution in [0.1, 0.15) is 5.89 Å². The fraction of sp³-hybridized carbons (Fsp3) is 0.214. The summed E-state index contributed by atoms with van der Waals surface area (Å²) in [4.78, 5) is 12.3. The van der Waals surface area contributed by atoms with Gasteiger partial charge in [0.25, 0.3) is 0 Å². The molecule has 6 nitrogen and oxygen atoms in total. The molecule has 0 aliphatic heterocycles. The van der Waals surface area contributed by atoms with Gasteiger partial charge in [-0.15, -0.1) is 16.6 Å². The van der Waals surface area contributed by atoms with Crippen molar-refractivity contribution >= 4 is 17.6 Å². The number of hydrogen-bond donors (Lipinski definition) is 1. The quantitative estimate of drug-likeness (QED) is 0.821. The molecule has 1 N–H and O–H groups in total. The van der Waals surface area contributed by atoms with Crippen LogP contribution in [0.4, 0.5) is 0 Å². The van der Waals surface area contributed by atoms with Crippen LogP contribution in [0.25, 0.3) is 11.5 Å². The molecule has 0 unspecified atom stereocenters. The topological polar surface area (TPSA) is 79.5 Å². The molecule has 0 spiro atoms. The minimum absolute atomic E-state index is 0.161. The molecule has 1 aromatic carbocycles. The monoisotopic (exact) mass is 305 g/mol. The Hall–Kier alpha value is -2.36. The van der Waals surface area contributed by atoms with Crippen LogP contribution in [0.3, 0.4) is 0 Å². The van der Waals surface area contributed by atoms with Crippen molar-refractivity contribution in [2.45, 2.75) is 6.54 Å². The third-order valence-corrected chi connectivity index (χ3v) is 2.93. The Morgan fingerprint density at radius 3 is 2.86 bits per heavy atom. The van der Waals surface area contributed by atoms with Crippen molar-refractivity contribution in [3.05, 3.63) is 35.2 Å². The Labute approximate surface area is 126 Å². The summed E-state index contributed by atoms with van der Waals surface area (Å²) in [6.45, 7) is 0.137. The number of aliphatic carboxylic acids is 1. The lowest BCUT2D eigenvalue weighted by atomic mass is 10.2. The highest BCUT2D eigenvalue weighted by atomic mass is 35.5. The molecule has 2 rings (SSSR count). The first-order chi connectivity index (χ1) is 10.1. The molecule has 0 amide bonds. The van der Waals surface area contributed by atoms with Gasteiger partial charge >= 0.3 is 5.97 Å². The SMILES string of the molecule is C#CCN(CC(=O)O)Cc1nnc(-c2ccccc2Cl)o1. The summed E-state index contributed by atoms with van der Waals surface area (Å²) in [5.74, 6) is 1.98. The third-order valence-electron chi connectivity index (χ3n) is 2.60. The maximum absolute atomic E-state index is 10.8. The fourth-order valence-electron chi connectivity index (χ4n) is 1.74. The molecule has 2 aromatic rings. The largest absolute Gasteiger partial charge is 0.480 e. The van der Waals surface area contributed by atoms with Crippen LogP contribution in [0.2, 0.25) is 5.02 Å². The average molecular weight is 306 g/mol. The second kappa shape index (κ2) is 6.88. The molecular weight excluding hydrogens is 294 g/mol. The number of carboxylic acid groups (broad SMARTS) is 1. The summed E-state index contributed by atoms with van der Waals surface area (Å²) in [6.07, 6.45) is 5.21. The summed E-state index contributed by atoms with van der Waals surface area (Å²) < 4.78 is 5.50. The van der Waals surface area contributed by atoms with E-state index < -0.39 is 5.97 Å². The predicted octanol–water partition coefficient (Wildman–Crippen LogP) is 1.91. The number of aromatic nitrogens is 2. The van der Waals surface area contributed by atoms with Crippen LogP contribution < -0.4 is 0 Å². The average Bonchev–Trinajstić information content (AvgIpc) is 2.87. The van der Waals surface area contributed by atoms with E-state index in [-0.39, 0.29) is 31.4 Å². The predicted molar refractivity (Wildman–Crippen MR) is 76.5 cm³/mol. The van der Waals surface area contributed by atoms with E-state index in [9.17, 15) is 4.79 Å². The maximum Gasteiger partial charge on any atom is 0.317 e. The van der Waals surface area contributed by atoms with Gasteiger partial charge in [0, 0.05) is 0 Å². The molecule has 108 valence electrons. The molecule has 1 heterocycles. The fourth-order valence-corrected chi connectivity index (χ4v) is 1.96. The lowest BCUT2D eigenvalue weighted by Gasteiger charge is -2.14. The minimum atomic E-state index is -0.976.